The first-order valence-electron chi connectivity index (χ1n) is 7.58. The average molecular weight is 365 g/mol. The van der Waals surface area contributed by atoms with Gasteiger partial charge in [-0.1, -0.05) is 6.07 Å². The zero-order valence-electron chi connectivity index (χ0n) is 13.2. The number of carbonyl (C=O) groups excluding carboxylic acids is 1. The van der Waals surface area contributed by atoms with Crippen LogP contribution in [-0.2, 0) is 21.2 Å². The lowest BCUT2D eigenvalue weighted by atomic mass is 10.2. The van der Waals surface area contributed by atoms with Crippen molar-refractivity contribution in [3.05, 3.63) is 46.2 Å². The van der Waals surface area contributed by atoms with E-state index in [2.05, 4.69) is 5.32 Å². The number of fused-ring (bicyclic) bond motifs is 1. The molecule has 2 aromatic rings. The van der Waals surface area contributed by atoms with Gasteiger partial charge in [0, 0.05) is 17.1 Å². The van der Waals surface area contributed by atoms with Crippen molar-refractivity contribution in [2.75, 3.05) is 18.0 Å². The lowest BCUT2D eigenvalue weighted by molar-refractivity contribution is -0.120. The third-order valence-electron chi connectivity index (χ3n) is 4.05. The number of benzene rings is 1. The predicted molar refractivity (Wildman–Crippen MR) is 94.6 cm³/mol. The van der Waals surface area contributed by atoms with Crippen LogP contribution in [-0.4, -0.2) is 27.4 Å². The second kappa shape index (κ2) is 6.54. The van der Waals surface area contributed by atoms with Crippen LogP contribution in [0.2, 0.25) is 0 Å². The van der Waals surface area contributed by atoms with Crippen LogP contribution in [0.3, 0.4) is 0 Å². The summed E-state index contributed by atoms with van der Waals surface area (Å²) in [6, 6.07) is 8.73. The van der Waals surface area contributed by atoms with E-state index in [-0.39, 0.29) is 23.4 Å². The molecule has 1 atom stereocenters. The Morgan fingerprint density at radius 1 is 1.42 bits per heavy atom. The zero-order valence-corrected chi connectivity index (χ0v) is 14.9. The quantitative estimate of drug-likeness (QED) is 0.842. The molecule has 24 heavy (non-hydrogen) atoms. The molecule has 1 unspecified atom stereocenters. The number of nitrogens with one attached hydrogen (secondary N) is 1. The summed E-state index contributed by atoms with van der Waals surface area (Å²) in [7, 11) is -3.70. The first-order chi connectivity index (χ1) is 11.3. The lowest BCUT2D eigenvalue weighted by Gasteiger charge is -2.20. The van der Waals surface area contributed by atoms with E-state index in [1.807, 2.05) is 29.3 Å². The van der Waals surface area contributed by atoms with Crippen molar-refractivity contribution in [1.82, 2.24) is 5.32 Å². The van der Waals surface area contributed by atoms with E-state index >= 15 is 0 Å². The number of nitrogens with zero attached hydrogens (tertiary/aromatic N) is 1. The van der Waals surface area contributed by atoms with Crippen LogP contribution in [0, 0.1) is 0 Å². The summed E-state index contributed by atoms with van der Waals surface area (Å²) in [5.41, 5.74) is 1.79. The van der Waals surface area contributed by atoms with Crippen molar-refractivity contribution in [2.45, 2.75) is 24.3 Å². The Morgan fingerprint density at radius 2 is 2.21 bits per heavy atom. The second-order valence-corrected chi connectivity index (χ2v) is 8.35. The summed E-state index contributed by atoms with van der Waals surface area (Å²) < 4.78 is 22.9. The van der Waals surface area contributed by atoms with Gasteiger partial charge in [-0.2, -0.15) is 0 Å². The Morgan fingerprint density at radius 3 is 2.88 bits per heavy atom. The van der Waals surface area contributed by atoms with Crippen LogP contribution >= 0.6 is 11.3 Å². The van der Waals surface area contributed by atoms with Crippen molar-refractivity contribution >= 4 is 33.0 Å². The molecule has 6 nitrogen and oxygen atoms in total. The number of amides is 1. The molecule has 0 saturated carbocycles. The topological polar surface area (TPSA) is 92.5 Å². The van der Waals surface area contributed by atoms with E-state index in [1.54, 1.807) is 23.5 Å². The molecule has 8 heteroatoms. The normalized spacial score (nSPS) is 15.2. The number of thiophene rings is 1. The maximum atomic E-state index is 12.3. The maximum absolute atomic E-state index is 12.3. The fraction of sp³-hybridized carbons (Fsp3) is 0.312. The number of hydrogen-bond donors (Lipinski definition) is 2. The molecule has 1 aliphatic rings. The molecule has 0 radical (unpaired) electrons. The summed E-state index contributed by atoms with van der Waals surface area (Å²) in [5, 5.41) is 10.1. The SMILES string of the molecule is CC(NC(=O)CN1CCc2cc(S(N)(=O)=O)ccc21)c1cccs1. The lowest BCUT2D eigenvalue weighted by Crippen LogP contribution is -2.37. The van der Waals surface area contributed by atoms with Gasteiger partial charge >= 0.3 is 0 Å². The first-order valence-corrected chi connectivity index (χ1v) is 10.0. The maximum Gasteiger partial charge on any atom is 0.240 e. The smallest absolute Gasteiger partial charge is 0.240 e. The molecule has 1 aliphatic heterocycles. The molecular formula is C16H19N3O3S2. The summed E-state index contributed by atoms with van der Waals surface area (Å²) >= 11 is 1.61. The third-order valence-corrected chi connectivity index (χ3v) is 6.02. The summed E-state index contributed by atoms with van der Waals surface area (Å²) in [4.78, 5) is 15.5. The molecule has 0 saturated heterocycles. The minimum absolute atomic E-state index is 0.0238. The molecule has 3 N–H and O–H groups in total. The van der Waals surface area contributed by atoms with Crippen LogP contribution < -0.4 is 15.4 Å². The van der Waals surface area contributed by atoms with E-state index in [9.17, 15) is 13.2 Å². The predicted octanol–water partition coefficient (Wildman–Crippen LogP) is 1.64. The molecule has 3 rings (SSSR count). The minimum Gasteiger partial charge on any atom is -0.362 e. The number of hydrogen-bond acceptors (Lipinski definition) is 5. The van der Waals surface area contributed by atoms with Gasteiger partial charge in [-0.05, 0) is 48.6 Å². The fourth-order valence-electron chi connectivity index (χ4n) is 2.86. The van der Waals surface area contributed by atoms with E-state index in [0.29, 0.717) is 13.0 Å². The number of anilines is 1. The third kappa shape index (κ3) is 3.61. The summed E-state index contributed by atoms with van der Waals surface area (Å²) in [6.45, 7) is 2.89. The number of sulfonamides is 1. The largest absolute Gasteiger partial charge is 0.362 e. The highest BCUT2D eigenvalue weighted by Gasteiger charge is 2.23. The molecule has 2 heterocycles. The molecule has 1 aromatic carbocycles. The Bertz CT molecular complexity index is 847. The van der Waals surface area contributed by atoms with Crippen molar-refractivity contribution < 1.29 is 13.2 Å². The second-order valence-electron chi connectivity index (χ2n) is 5.81. The number of carbonyl (C=O) groups is 1. The Kier molecular flexibility index (Phi) is 4.62. The Balaban J connectivity index is 1.67. The molecule has 0 fully saturated rings. The highest BCUT2D eigenvalue weighted by Crippen LogP contribution is 2.29. The van der Waals surface area contributed by atoms with Gasteiger partial charge in [-0.25, -0.2) is 13.6 Å². The first kappa shape index (κ1) is 16.9. The van der Waals surface area contributed by atoms with Crippen molar-refractivity contribution in [2.24, 2.45) is 5.14 Å². The van der Waals surface area contributed by atoms with Gasteiger partial charge < -0.3 is 10.2 Å². The van der Waals surface area contributed by atoms with Crippen molar-refractivity contribution in [1.29, 1.82) is 0 Å². The van der Waals surface area contributed by atoms with Crippen molar-refractivity contribution in [3.63, 3.8) is 0 Å². The Hall–Kier alpha value is -1.90. The van der Waals surface area contributed by atoms with E-state index in [1.165, 1.54) is 6.07 Å². The van der Waals surface area contributed by atoms with Gasteiger partial charge in [0.2, 0.25) is 15.9 Å². The highest BCUT2D eigenvalue weighted by atomic mass is 32.2. The highest BCUT2D eigenvalue weighted by molar-refractivity contribution is 7.89. The number of rotatable bonds is 5. The Labute approximate surface area is 145 Å². The average Bonchev–Trinajstić information content (AvgIpc) is 3.16. The summed E-state index contributed by atoms with van der Waals surface area (Å²) in [6.07, 6.45) is 0.701. The molecule has 128 valence electrons. The van der Waals surface area contributed by atoms with Crippen LogP contribution in [0.25, 0.3) is 0 Å². The monoisotopic (exact) mass is 365 g/mol. The van der Waals surface area contributed by atoms with Crippen LogP contribution in [0.1, 0.15) is 23.4 Å². The number of nitrogens with two attached hydrogens (primary N) is 1. The van der Waals surface area contributed by atoms with Gasteiger partial charge in [0.05, 0.1) is 17.5 Å². The minimum atomic E-state index is -3.70. The summed E-state index contributed by atoms with van der Waals surface area (Å²) in [5.74, 6) is -0.0562. The molecule has 0 aliphatic carbocycles. The van der Waals surface area contributed by atoms with Crippen LogP contribution in [0.4, 0.5) is 5.69 Å². The molecule has 0 bridgehead atoms. The standard InChI is InChI=1S/C16H19N3O3S2/c1-11(15-3-2-8-23-15)18-16(20)10-19-7-6-12-9-13(24(17,21)22)4-5-14(12)19/h2-5,8-9,11H,6-7,10H2,1H3,(H,18,20)(H2,17,21,22). The molecule has 1 amide bonds. The van der Waals surface area contributed by atoms with Crippen LogP contribution in [0.5, 0.6) is 0 Å². The molecule has 1 aromatic heterocycles. The fourth-order valence-corrected chi connectivity index (χ4v) is 4.16. The van der Waals surface area contributed by atoms with Crippen molar-refractivity contribution in [3.8, 4) is 0 Å². The molecular weight excluding hydrogens is 346 g/mol. The van der Waals surface area contributed by atoms with Crippen LogP contribution in [0.15, 0.2) is 40.6 Å². The molecule has 0 spiro atoms. The van der Waals surface area contributed by atoms with E-state index in [0.717, 1.165) is 16.1 Å². The number of primary sulfonamides is 1. The van der Waals surface area contributed by atoms with E-state index < -0.39 is 10.0 Å². The van der Waals surface area contributed by atoms with Gasteiger partial charge in [-0.3, -0.25) is 4.79 Å². The van der Waals surface area contributed by atoms with Gasteiger partial charge in [0.15, 0.2) is 0 Å². The van der Waals surface area contributed by atoms with E-state index in [4.69, 9.17) is 5.14 Å². The zero-order chi connectivity index (χ0) is 17.3. The van der Waals surface area contributed by atoms with Gasteiger partial charge in [0.1, 0.15) is 0 Å². The van der Waals surface area contributed by atoms with Gasteiger partial charge in [0.25, 0.3) is 0 Å². The van der Waals surface area contributed by atoms with Gasteiger partial charge in [-0.15, -0.1) is 11.3 Å².